The van der Waals surface area contributed by atoms with Gasteiger partial charge >= 0.3 is 0 Å². The highest BCUT2D eigenvalue weighted by Gasteiger charge is 2.16. The van der Waals surface area contributed by atoms with Gasteiger partial charge in [0.15, 0.2) is 0 Å². The number of hydrogen-bond acceptors (Lipinski definition) is 7. The van der Waals surface area contributed by atoms with Gasteiger partial charge in [-0.25, -0.2) is 0 Å². The Morgan fingerprint density at radius 1 is 1.19 bits per heavy atom. The van der Waals surface area contributed by atoms with E-state index < -0.39 is 11.0 Å². The Morgan fingerprint density at radius 2 is 1.89 bits per heavy atom. The van der Waals surface area contributed by atoms with Crippen molar-refractivity contribution >= 4 is 22.3 Å². The first kappa shape index (κ1) is 18.4. The van der Waals surface area contributed by atoms with Gasteiger partial charge in [-0.1, -0.05) is 0 Å². The molecule has 2 aromatic carbocycles. The molecule has 0 amide bonds. The minimum absolute atomic E-state index is 0.0123. The second-order valence-electron chi connectivity index (χ2n) is 5.83. The second kappa shape index (κ2) is 7.88. The number of nitrogens with one attached hydrogen (secondary N) is 1. The smallest absolute Gasteiger partial charge is 0.278 e. The maximum absolute atomic E-state index is 11.2. The number of benzene rings is 2. The van der Waals surface area contributed by atoms with Crippen LogP contribution in [0.4, 0.5) is 11.4 Å². The van der Waals surface area contributed by atoms with E-state index in [1.54, 1.807) is 42.6 Å². The number of aliphatic hydroxyl groups excluding tert-OH is 1. The van der Waals surface area contributed by atoms with Gasteiger partial charge in [-0.15, -0.1) is 0 Å². The molecule has 0 saturated heterocycles. The summed E-state index contributed by atoms with van der Waals surface area (Å²) in [5.41, 5.74) is 1.69. The summed E-state index contributed by atoms with van der Waals surface area (Å²) in [6, 6.07) is 11.5. The predicted molar refractivity (Wildman–Crippen MR) is 101 cm³/mol. The second-order valence-corrected chi connectivity index (χ2v) is 5.83. The summed E-state index contributed by atoms with van der Waals surface area (Å²) in [4.78, 5) is 15.0. The predicted octanol–water partition coefficient (Wildman–Crippen LogP) is 3.31. The third-order valence-corrected chi connectivity index (χ3v) is 4.19. The average molecular weight is 369 g/mol. The van der Waals surface area contributed by atoms with Gasteiger partial charge in [-0.3, -0.25) is 15.1 Å². The Bertz CT molecular complexity index is 954. The van der Waals surface area contributed by atoms with Crippen molar-refractivity contribution in [1.82, 2.24) is 4.98 Å². The van der Waals surface area contributed by atoms with Crippen LogP contribution in [0.25, 0.3) is 10.9 Å². The lowest BCUT2D eigenvalue weighted by molar-refractivity contribution is -0.383. The molecule has 2 N–H and O–H groups in total. The number of aliphatic hydroxyl groups is 1. The molecule has 8 nitrogen and oxygen atoms in total. The highest BCUT2D eigenvalue weighted by atomic mass is 16.6. The highest BCUT2D eigenvalue weighted by Crippen LogP contribution is 2.31. The number of nitro benzene ring substituents is 1. The third kappa shape index (κ3) is 3.90. The number of fused-ring (bicyclic) bond motifs is 1. The van der Waals surface area contributed by atoms with Crippen LogP contribution in [0.3, 0.4) is 0 Å². The Balaban J connectivity index is 1.85. The van der Waals surface area contributed by atoms with E-state index in [2.05, 4.69) is 10.3 Å². The maximum atomic E-state index is 11.2. The molecule has 0 fully saturated rings. The van der Waals surface area contributed by atoms with Gasteiger partial charge in [0.25, 0.3) is 5.69 Å². The van der Waals surface area contributed by atoms with Crippen LogP contribution in [0.15, 0.2) is 48.7 Å². The summed E-state index contributed by atoms with van der Waals surface area (Å²) in [6.07, 6.45) is 0.726. The summed E-state index contributed by atoms with van der Waals surface area (Å²) in [6.45, 7) is 0.180. The molecule has 1 atom stereocenters. The van der Waals surface area contributed by atoms with Crippen molar-refractivity contribution in [1.29, 1.82) is 0 Å². The number of nitrogens with zero attached hydrogens (tertiary/aromatic N) is 2. The van der Waals surface area contributed by atoms with Crippen molar-refractivity contribution in [3.8, 4) is 11.5 Å². The van der Waals surface area contributed by atoms with Gasteiger partial charge < -0.3 is 19.9 Å². The van der Waals surface area contributed by atoms with Crippen molar-refractivity contribution < 1.29 is 19.5 Å². The quantitative estimate of drug-likeness (QED) is 0.486. The molecular weight excluding hydrogens is 350 g/mol. The van der Waals surface area contributed by atoms with Crippen LogP contribution in [-0.4, -0.2) is 35.8 Å². The molecule has 3 aromatic rings. The molecule has 27 heavy (non-hydrogen) atoms. The fourth-order valence-corrected chi connectivity index (χ4v) is 2.81. The number of ether oxygens (including phenoxy) is 2. The van der Waals surface area contributed by atoms with Crippen molar-refractivity contribution in [2.75, 3.05) is 26.1 Å². The molecule has 140 valence electrons. The fourth-order valence-electron chi connectivity index (χ4n) is 2.81. The zero-order valence-corrected chi connectivity index (χ0v) is 14.9. The van der Waals surface area contributed by atoms with E-state index in [4.69, 9.17) is 9.47 Å². The largest absolute Gasteiger partial charge is 0.497 e. The first-order valence-electron chi connectivity index (χ1n) is 8.20. The minimum Gasteiger partial charge on any atom is -0.497 e. The van der Waals surface area contributed by atoms with Crippen LogP contribution in [-0.2, 0) is 0 Å². The van der Waals surface area contributed by atoms with Crippen LogP contribution < -0.4 is 14.8 Å². The summed E-state index contributed by atoms with van der Waals surface area (Å²) in [5.74, 6) is 1.15. The first-order valence-corrected chi connectivity index (χ1v) is 8.20. The lowest BCUT2D eigenvalue weighted by Crippen LogP contribution is -2.13. The van der Waals surface area contributed by atoms with E-state index in [0.29, 0.717) is 33.7 Å². The molecule has 0 saturated carbocycles. The number of non-ortho nitro benzene ring substituents is 1. The number of hydrogen-bond donors (Lipinski definition) is 2. The fraction of sp³-hybridized carbons (Fsp3) is 0.211. The standard InChI is InChI=1S/C19H19N3O5/c1-26-13-8-12(9-14(10-13)27-2)18(23)11-21-16-5-6-17(22(24)25)15-4-3-7-20-19(15)16/h3-10,18,21,23H,11H2,1-2H3. The van der Waals surface area contributed by atoms with Gasteiger partial charge in [0.2, 0.25) is 0 Å². The van der Waals surface area contributed by atoms with Gasteiger partial charge in [-0.05, 0) is 35.9 Å². The molecule has 3 rings (SSSR count). The van der Waals surface area contributed by atoms with Crippen LogP contribution >= 0.6 is 0 Å². The lowest BCUT2D eigenvalue weighted by atomic mass is 10.1. The van der Waals surface area contributed by atoms with E-state index in [1.807, 2.05) is 0 Å². The number of pyridine rings is 1. The molecule has 0 spiro atoms. The number of rotatable bonds is 7. The van der Waals surface area contributed by atoms with E-state index in [9.17, 15) is 15.2 Å². The van der Waals surface area contributed by atoms with Crippen LogP contribution in [0.5, 0.6) is 11.5 Å². The third-order valence-electron chi connectivity index (χ3n) is 4.19. The lowest BCUT2D eigenvalue weighted by Gasteiger charge is -2.16. The zero-order chi connectivity index (χ0) is 19.4. The first-order chi connectivity index (χ1) is 13.0. The van der Waals surface area contributed by atoms with Crippen LogP contribution in [0.2, 0.25) is 0 Å². The minimum atomic E-state index is -0.844. The van der Waals surface area contributed by atoms with Crippen molar-refractivity contribution in [3.63, 3.8) is 0 Å². The van der Waals surface area contributed by atoms with Gasteiger partial charge in [0.05, 0.1) is 36.3 Å². The normalized spacial score (nSPS) is 11.8. The van der Waals surface area contributed by atoms with E-state index >= 15 is 0 Å². The maximum Gasteiger partial charge on any atom is 0.278 e. The van der Waals surface area contributed by atoms with Gasteiger partial charge in [0.1, 0.15) is 17.0 Å². The van der Waals surface area contributed by atoms with E-state index in [1.165, 1.54) is 20.3 Å². The van der Waals surface area contributed by atoms with E-state index in [0.717, 1.165) is 0 Å². The molecule has 8 heteroatoms. The summed E-state index contributed by atoms with van der Waals surface area (Å²) in [7, 11) is 3.08. The van der Waals surface area contributed by atoms with Gasteiger partial charge in [0, 0.05) is 24.9 Å². The Morgan fingerprint density at radius 3 is 2.52 bits per heavy atom. The van der Waals surface area contributed by atoms with Crippen molar-refractivity contribution in [2.45, 2.75) is 6.10 Å². The molecule has 0 aliphatic rings. The molecular formula is C19H19N3O5. The molecule has 1 unspecified atom stereocenters. The average Bonchev–Trinajstić information content (AvgIpc) is 2.70. The molecule has 1 aromatic heterocycles. The number of aromatic nitrogens is 1. The topological polar surface area (TPSA) is 107 Å². The Hall–Kier alpha value is -3.39. The molecule has 0 aliphatic heterocycles. The summed E-state index contributed by atoms with van der Waals surface area (Å²) in [5, 5.41) is 25.3. The summed E-state index contributed by atoms with van der Waals surface area (Å²) >= 11 is 0. The monoisotopic (exact) mass is 369 g/mol. The van der Waals surface area contributed by atoms with Crippen molar-refractivity contribution in [3.05, 3.63) is 64.3 Å². The molecule has 0 radical (unpaired) electrons. The van der Waals surface area contributed by atoms with Crippen LogP contribution in [0.1, 0.15) is 11.7 Å². The number of methoxy groups -OCH3 is 2. The Labute approximate surface area is 155 Å². The zero-order valence-electron chi connectivity index (χ0n) is 14.9. The number of nitro groups is 1. The Kier molecular flexibility index (Phi) is 5.37. The van der Waals surface area contributed by atoms with Gasteiger partial charge in [-0.2, -0.15) is 0 Å². The summed E-state index contributed by atoms with van der Waals surface area (Å²) < 4.78 is 10.4. The van der Waals surface area contributed by atoms with E-state index in [-0.39, 0.29) is 12.2 Å². The highest BCUT2D eigenvalue weighted by molar-refractivity contribution is 5.96. The van der Waals surface area contributed by atoms with Crippen LogP contribution in [0, 0.1) is 10.1 Å². The number of anilines is 1. The molecule has 1 heterocycles. The molecule has 0 bridgehead atoms. The SMILES string of the molecule is COc1cc(OC)cc(C(O)CNc2ccc([N+](=O)[O-])c3cccnc23)c1. The van der Waals surface area contributed by atoms with Crippen molar-refractivity contribution in [2.24, 2.45) is 0 Å². The molecule has 0 aliphatic carbocycles.